The van der Waals surface area contributed by atoms with Gasteiger partial charge in [0.25, 0.3) is 0 Å². The lowest BCUT2D eigenvalue weighted by molar-refractivity contribution is -0.0189. The third-order valence-electron chi connectivity index (χ3n) is 8.43. The molecule has 26 heavy (non-hydrogen) atoms. The largest absolute Gasteiger partial charge is 0.0777 e. The molecular weight excluding hydrogens is 312 g/mol. The molecule has 1 saturated carbocycles. The highest BCUT2D eigenvalue weighted by Crippen LogP contribution is 2.55. The zero-order valence-corrected chi connectivity index (χ0v) is 18.9. The highest BCUT2D eigenvalue weighted by Gasteiger charge is 2.45. The van der Waals surface area contributed by atoms with Gasteiger partial charge in [-0.2, -0.15) is 0 Å². The summed E-state index contributed by atoms with van der Waals surface area (Å²) in [6, 6.07) is 0. The molecule has 5 atom stereocenters. The van der Waals surface area contributed by atoms with Crippen molar-refractivity contribution in [3.8, 4) is 0 Å². The Bertz CT molecular complexity index is 427. The first kappa shape index (κ1) is 22.0. The average Bonchev–Trinajstić information content (AvgIpc) is 3.37. The molecule has 0 bridgehead atoms. The van der Waals surface area contributed by atoms with Gasteiger partial charge in [-0.05, 0) is 67.6 Å². The SMILES string of the molecule is CCCC(C)C1(C)CCC1CCC(C)CCC(C)CCC1(CCC)C=C1. The van der Waals surface area contributed by atoms with Gasteiger partial charge in [-0.3, -0.25) is 0 Å². The Labute approximate surface area is 165 Å². The van der Waals surface area contributed by atoms with Crippen molar-refractivity contribution in [1.29, 1.82) is 0 Å². The van der Waals surface area contributed by atoms with Crippen LogP contribution < -0.4 is 0 Å². The van der Waals surface area contributed by atoms with E-state index in [1.165, 1.54) is 77.0 Å². The van der Waals surface area contributed by atoms with E-state index >= 15 is 0 Å². The van der Waals surface area contributed by atoms with Gasteiger partial charge in [-0.15, -0.1) is 0 Å². The van der Waals surface area contributed by atoms with E-state index in [0.29, 0.717) is 10.8 Å². The summed E-state index contributed by atoms with van der Waals surface area (Å²) in [4.78, 5) is 0. The molecule has 2 aliphatic carbocycles. The van der Waals surface area contributed by atoms with Gasteiger partial charge in [0.15, 0.2) is 0 Å². The van der Waals surface area contributed by atoms with Gasteiger partial charge in [-0.1, -0.05) is 92.2 Å². The number of rotatable bonds is 14. The van der Waals surface area contributed by atoms with Crippen LogP contribution in [0, 0.1) is 34.5 Å². The zero-order chi connectivity index (χ0) is 19.2. The predicted molar refractivity (Wildman–Crippen MR) is 117 cm³/mol. The van der Waals surface area contributed by atoms with Crippen molar-refractivity contribution in [2.45, 2.75) is 119 Å². The number of hydrogen-bond donors (Lipinski definition) is 0. The standard InChI is InChI=1S/C26H48/c1-7-9-23(5)25(6)17-15-24(25)13-12-21(3)10-11-22(4)14-18-26(16-8-2)19-20-26/h19-24H,7-18H2,1-6H3. The maximum atomic E-state index is 2.59. The topological polar surface area (TPSA) is 0 Å². The minimum Gasteiger partial charge on any atom is -0.0777 e. The van der Waals surface area contributed by atoms with Crippen molar-refractivity contribution in [2.24, 2.45) is 34.5 Å². The summed E-state index contributed by atoms with van der Waals surface area (Å²) < 4.78 is 0. The molecule has 0 aliphatic heterocycles. The number of allylic oxidation sites excluding steroid dienone is 2. The summed E-state index contributed by atoms with van der Waals surface area (Å²) in [6.07, 6.45) is 22.1. The van der Waals surface area contributed by atoms with Crippen molar-refractivity contribution in [3.63, 3.8) is 0 Å². The Kier molecular flexibility index (Phi) is 8.30. The average molecular weight is 361 g/mol. The van der Waals surface area contributed by atoms with Crippen molar-refractivity contribution in [2.75, 3.05) is 0 Å². The monoisotopic (exact) mass is 360 g/mol. The van der Waals surface area contributed by atoms with Gasteiger partial charge in [0.05, 0.1) is 0 Å². The normalized spacial score (nSPS) is 29.8. The van der Waals surface area contributed by atoms with Crippen LogP contribution in [-0.2, 0) is 0 Å². The molecule has 152 valence electrons. The fourth-order valence-electron chi connectivity index (χ4n) is 5.59. The Hall–Kier alpha value is -0.260. The highest BCUT2D eigenvalue weighted by molar-refractivity contribution is 5.25. The minimum absolute atomic E-state index is 0.554. The molecule has 0 aromatic heterocycles. The Morgan fingerprint density at radius 3 is 2.00 bits per heavy atom. The highest BCUT2D eigenvalue weighted by atomic mass is 14.5. The molecule has 0 spiro atoms. The second-order valence-electron chi connectivity index (χ2n) is 10.7. The van der Waals surface area contributed by atoms with Crippen LogP contribution in [0.1, 0.15) is 119 Å². The van der Waals surface area contributed by atoms with E-state index in [1.807, 2.05) is 0 Å². The van der Waals surface area contributed by atoms with Crippen LogP contribution in [0.2, 0.25) is 0 Å². The smallest absolute Gasteiger partial charge is 0.00615 e. The minimum atomic E-state index is 0.554. The van der Waals surface area contributed by atoms with E-state index in [2.05, 4.69) is 53.7 Å². The molecule has 2 rings (SSSR count). The first-order valence-corrected chi connectivity index (χ1v) is 12.1. The van der Waals surface area contributed by atoms with Crippen LogP contribution in [0.5, 0.6) is 0 Å². The van der Waals surface area contributed by atoms with Crippen LogP contribution in [0.25, 0.3) is 0 Å². The third-order valence-corrected chi connectivity index (χ3v) is 8.43. The van der Waals surface area contributed by atoms with Gasteiger partial charge >= 0.3 is 0 Å². The van der Waals surface area contributed by atoms with Crippen LogP contribution in [0.3, 0.4) is 0 Å². The summed E-state index contributed by atoms with van der Waals surface area (Å²) in [7, 11) is 0. The summed E-state index contributed by atoms with van der Waals surface area (Å²) in [5.41, 5.74) is 1.21. The molecule has 0 amide bonds. The van der Waals surface area contributed by atoms with E-state index in [0.717, 1.165) is 23.7 Å². The predicted octanol–water partition coefficient (Wildman–Crippen LogP) is 8.81. The lowest BCUT2D eigenvalue weighted by Crippen LogP contribution is -2.42. The summed E-state index contributed by atoms with van der Waals surface area (Å²) in [5.74, 6) is 3.77. The third kappa shape index (κ3) is 5.87. The maximum Gasteiger partial charge on any atom is 0.00615 e. The molecule has 0 saturated heterocycles. The molecule has 5 unspecified atom stereocenters. The molecule has 0 N–H and O–H groups in total. The lowest BCUT2D eigenvalue weighted by Gasteiger charge is -2.52. The van der Waals surface area contributed by atoms with Gasteiger partial charge in [0, 0.05) is 5.41 Å². The van der Waals surface area contributed by atoms with E-state index in [9.17, 15) is 0 Å². The van der Waals surface area contributed by atoms with Gasteiger partial charge in [-0.25, -0.2) is 0 Å². The van der Waals surface area contributed by atoms with Crippen molar-refractivity contribution < 1.29 is 0 Å². The first-order valence-electron chi connectivity index (χ1n) is 12.1. The summed E-state index contributed by atoms with van der Waals surface area (Å²) in [6.45, 7) is 14.8. The van der Waals surface area contributed by atoms with Crippen LogP contribution in [0.15, 0.2) is 12.2 Å². The van der Waals surface area contributed by atoms with Gasteiger partial charge in [0.2, 0.25) is 0 Å². The van der Waals surface area contributed by atoms with Crippen molar-refractivity contribution in [1.82, 2.24) is 0 Å². The Morgan fingerprint density at radius 2 is 1.50 bits per heavy atom. The van der Waals surface area contributed by atoms with Crippen LogP contribution in [0.4, 0.5) is 0 Å². The van der Waals surface area contributed by atoms with E-state index in [1.54, 1.807) is 0 Å². The van der Waals surface area contributed by atoms with E-state index in [-0.39, 0.29) is 0 Å². The second-order valence-corrected chi connectivity index (χ2v) is 10.7. The van der Waals surface area contributed by atoms with Crippen LogP contribution >= 0.6 is 0 Å². The summed E-state index contributed by atoms with van der Waals surface area (Å²) in [5, 5.41) is 0. The first-order chi connectivity index (χ1) is 12.3. The molecule has 0 heterocycles. The van der Waals surface area contributed by atoms with Crippen molar-refractivity contribution >= 4 is 0 Å². The Morgan fingerprint density at radius 1 is 0.846 bits per heavy atom. The molecule has 0 radical (unpaired) electrons. The molecule has 1 fully saturated rings. The fourth-order valence-corrected chi connectivity index (χ4v) is 5.59. The maximum absolute atomic E-state index is 2.59. The molecule has 0 aromatic rings. The van der Waals surface area contributed by atoms with Gasteiger partial charge in [0.1, 0.15) is 0 Å². The quantitative estimate of drug-likeness (QED) is 0.271. The zero-order valence-electron chi connectivity index (χ0n) is 18.9. The molecule has 0 nitrogen and oxygen atoms in total. The second kappa shape index (κ2) is 9.79. The number of hydrogen-bond acceptors (Lipinski definition) is 0. The Balaban J connectivity index is 1.59. The van der Waals surface area contributed by atoms with E-state index < -0.39 is 0 Å². The molecular formula is C26H48. The van der Waals surface area contributed by atoms with E-state index in [4.69, 9.17) is 0 Å². The molecule has 0 aromatic carbocycles. The molecule has 2 aliphatic rings. The summed E-state index contributed by atoms with van der Waals surface area (Å²) >= 11 is 0. The van der Waals surface area contributed by atoms with Crippen LogP contribution in [-0.4, -0.2) is 0 Å². The fraction of sp³-hybridized carbons (Fsp3) is 0.923. The lowest BCUT2D eigenvalue weighted by atomic mass is 9.53. The van der Waals surface area contributed by atoms with Gasteiger partial charge < -0.3 is 0 Å². The molecule has 0 heteroatoms. The van der Waals surface area contributed by atoms with Crippen molar-refractivity contribution in [3.05, 3.63) is 12.2 Å².